The maximum absolute atomic E-state index is 12.2. The number of rotatable bonds is 5. The Labute approximate surface area is 128 Å². The van der Waals surface area contributed by atoms with E-state index in [-0.39, 0.29) is 11.9 Å². The van der Waals surface area contributed by atoms with Gasteiger partial charge in [-0.2, -0.15) is 0 Å². The highest BCUT2D eigenvalue weighted by atomic mass is 16.2. The summed E-state index contributed by atoms with van der Waals surface area (Å²) in [6.45, 7) is 11.9. The summed E-state index contributed by atoms with van der Waals surface area (Å²) in [5, 5.41) is 0. The number of urea groups is 1. The van der Waals surface area contributed by atoms with E-state index in [4.69, 9.17) is 5.73 Å². The van der Waals surface area contributed by atoms with Crippen LogP contribution in [0.15, 0.2) is 0 Å². The maximum Gasteiger partial charge on any atom is 0.320 e. The van der Waals surface area contributed by atoms with Crippen molar-refractivity contribution in [2.24, 2.45) is 11.7 Å². The Morgan fingerprint density at radius 1 is 1.05 bits per heavy atom. The Hall–Kier alpha value is -1.30. The molecule has 2 N–H and O–H groups in total. The number of carbonyl (C=O) groups excluding carboxylic acids is 2. The van der Waals surface area contributed by atoms with Crippen molar-refractivity contribution in [3.63, 3.8) is 0 Å². The van der Waals surface area contributed by atoms with Gasteiger partial charge in [0.1, 0.15) is 0 Å². The van der Waals surface area contributed by atoms with Crippen molar-refractivity contribution in [1.82, 2.24) is 14.7 Å². The van der Waals surface area contributed by atoms with E-state index in [9.17, 15) is 9.59 Å². The molecular formula is C15H30N4O2. The number of hydrogen-bond donors (Lipinski definition) is 1. The number of nitrogens with two attached hydrogens (primary N) is 1. The Kier molecular flexibility index (Phi) is 6.95. The van der Waals surface area contributed by atoms with Gasteiger partial charge in [0.2, 0.25) is 5.91 Å². The Balaban J connectivity index is 2.48. The van der Waals surface area contributed by atoms with Gasteiger partial charge in [0, 0.05) is 39.3 Å². The van der Waals surface area contributed by atoms with Crippen LogP contribution >= 0.6 is 0 Å². The third kappa shape index (κ3) is 4.88. The summed E-state index contributed by atoms with van der Waals surface area (Å²) in [4.78, 5) is 29.9. The number of nitrogens with zero attached hydrogens (tertiary/aromatic N) is 3. The van der Waals surface area contributed by atoms with E-state index in [1.165, 1.54) is 0 Å². The normalized spacial score (nSPS) is 17.0. The van der Waals surface area contributed by atoms with Gasteiger partial charge in [-0.15, -0.1) is 0 Å². The minimum Gasteiger partial charge on any atom is -0.338 e. The Morgan fingerprint density at radius 2 is 1.52 bits per heavy atom. The first-order valence-corrected chi connectivity index (χ1v) is 7.98. The molecule has 6 nitrogen and oxygen atoms in total. The molecule has 1 saturated heterocycles. The Bertz CT molecular complexity index is 348. The van der Waals surface area contributed by atoms with E-state index in [2.05, 4.69) is 13.8 Å². The van der Waals surface area contributed by atoms with Crippen LogP contribution in [-0.4, -0.2) is 71.9 Å². The lowest BCUT2D eigenvalue weighted by Crippen LogP contribution is -2.56. The largest absolute Gasteiger partial charge is 0.338 e. The van der Waals surface area contributed by atoms with Crippen molar-refractivity contribution >= 4 is 11.9 Å². The zero-order valence-corrected chi connectivity index (χ0v) is 13.8. The maximum atomic E-state index is 12.2. The SMILES string of the molecule is CCN(CC)C(=O)N1CCN(C(=O)C(N)CC(C)C)CC1. The average Bonchev–Trinajstić information content (AvgIpc) is 2.47. The van der Waals surface area contributed by atoms with Gasteiger partial charge in [-0.1, -0.05) is 13.8 Å². The predicted molar refractivity (Wildman–Crippen MR) is 83.9 cm³/mol. The molecule has 0 bridgehead atoms. The summed E-state index contributed by atoms with van der Waals surface area (Å²) < 4.78 is 0. The molecule has 3 amide bonds. The monoisotopic (exact) mass is 298 g/mol. The molecule has 1 aliphatic heterocycles. The standard InChI is InChI=1S/C15H30N4O2/c1-5-17(6-2)15(21)19-9-7-18(8-10-19)14(20)13(16)11-12(3)4/h12-13H,5-11,16H2,1-4H3. The van der Waals surface area contributed by atoms with Crippen LogP contribution in [0.4, 0.5) is 4.79 Å². The lowest BCUT2D eigenvalue weighted by atomic mass is 10.0. The van der Waals surface area contributed by atoms with E-state index in [0.29, 0.717) is 51.6 Å². The molecule has 1 atom stereocenters. The number of carbonyl (C=O) groups is 2. The first kappa shape index (κ1) is 17.8. The molecule has 1 rings (SSSR count). The van der Waals surface area contributed by atoms with Gasteiger partial charge in [-0.05, 0) is 26.2 Å². The van der Waals surface area contributed by atoms with Gasteiger partial charge in [0.25, 0.3) is 0 Å². The van der Waals surface area contributed by atoms with Crippen LogP contribution in [0.3, 0.4) is 0 Å². The summed E-state index contributed by atoms with van der Waals surface area (Å²) in [5.74, 6) is 0.424. The smallest absolute Gasteiger partial charge is 0.320 e. The highest BCUT2D eigenvalue weighted by Gasteiger charge is 2.28. The van der Waals surface area contributed by atoms with E-state index in [1.807, 2.05) is 23.6 Å². The van der Waals surface area contributed by atoms with Gasteiger partial charge in [0.05, 0.1) is 6.04 Å². The highest BCUT2D eigenvalue weighted by Crippen LogP contribution is 2.10. The summed E-state index contributed by atoms with van der Waals surface area (Å²) >= 11 is 0. The fraction of sp³-hybridized carbons (Fsp3) is 0.867. The van der Waals surface area contributed by atoms with Crippen molar-refractivity contribution in [1.29, 1.82) is 0 Å². The van der Waals surface area contributed by atoms with Gasteiger partial charge in [-0.25, -0.2) is 4.79 Å². The molecule has 0 aromatic rings. The van der Waals surface area contributed by atoms with E-state index in [1.54, 1.807) is 4.90 Å². The summed E-state index contributed by atoms with van der Waals surface area (Å²) in [6.07, 6.45) is 0.706. The molecule has 1 unspecified atom stereocenters. The van der Waals surface area contributed by atoms with Gasteiger partial charge in [0.15, 0.2) is 0 Å². The predicted octanol–water partition coefficient (Wildman–Crippen LogP) is 0.966. The molecule has 21 heavy (non-hydrogen) atoms. The van der Waals surface area contributed by atoms with Crippen LogP contribution in [0, 0.1) is 5.92 Å². The van der Waals surface area contributed by atoms with Crippen LogP contribution in [0.5, 0.6) is 0 Å². The zero-order chi connectivity index (χ0) is 16.0. The molecular weight excluding hydrogens is 268 g/mol. The molecule has 0 aromatic heterocycles. The first-order valence-electron chi connectivity index (χ1n) is 7.98. The van der Waals surface area contributed by atoms with Gasteiger partial charge < -0.3 is 20.4 Å². The lowest BCUT2D eigenvalue weighted by Gasteiger charge is -2.38. The lowest BCUT2D eigenvalue weighted by molar-refractivity contribution is -0.134. The molecule has 0 radical (unpaired) electrons. The molecule has 1 fully saturated rings. The third-order valence-corrected chi connectivity index (χ3v) is 3.94. The van der Waals surface area contributed by atoms with Crippen LogP contribution in [-0.2, 0) is 4.79 Å². The molecule has 0 aromatic carbocycles. The fourth-order valence-electron chi connectivity index (χ4n) is 2.66. The van der Waals surface area contributed by atoms with E-state index in [0.717, 1.165) is 0 Å². The van der Waals surface area contributed by atoms with Crippen LogP contribution in [0.2, 0.25) is 0 Å². The van der Waals surface area contributed by atoms with Crippen molar-refractivity contribution in [3.8, 4) is 0 Å². The van der Waals surface area contributed by atoms with Crippen LogP contribution in [0.25, 0.3) is 0 Å². The van der Waals surface area contributed by atoms with Crippen molar-refractivity contribution < 1.29 is 9.59 Å². The average molecular weight is 298 g/mol. The van der Waals surface area contributed by atoms with Gasteiger partial charge >= 0.3 is 6.03 Å². The molecule has 0 saturated carbocycles. The molecule has 0 spiro atoms. The first-order chi connectivity index (χ1) is 9.90. The minimum atomic E-state index is -0.421. The zero-order valence-electron chi connectivity index (χ0n) is 13.8. The second-order valence-corrected chi connectivity index (χ2v) is 6.00. The van der Waals surface area contributed by atoms with Crippen LogP contribution in [0.1, 0.15) is 34.1 Å². The second-order valence-electron chi connectivity index (χ2n) is 6.00. The van der Waals surface area contributed by atoms with Crippen molar-refractivity contribution in [3.05, 3.63) is 0 Å². The van der Waals surface area contributed by atoms with Gasteiger partial charge in [-0.3, -0.25) is 4.79 Å². The minimum absolute atomic E-state index is 0.0126. The molecule has 1 aliphatic rings. The van der Waals surface area contributed by atoms with Crippen molar-refractivity contribution in [2.45, 2.75) is 40.2 Å². The molecule has 6 heteroatoms. The Morgan fingerprint density at radius 3 is 1.95 bits per heavy atom. The number of piperazine rings is 1. The quantitative estimate of drug-likeness (QED) is 0.822. The topological polar surface area (TPSA) is 69.9 Å². The van der Waals surface area contributed by atoms with Crippen molar-refractivity contribution in [2.75, 3.05) is 39.3 Å². The summed E-state index contributed by atoms with van der Waals surface area (Å²) in [5.41, 5.74) is 5.95. The third-order valence-electron chi connectivity index (χ3n) is 3.94. The van der Waals surface area contributed by atoms with Crippen LogP contribution < -0.4 is 5.73 Å². The second kappa shape index (κ2) is 8.22. The summed E-state index contributed by atoms with van der Waals surface area (Å²) in [7, 11) is 0. The number of hydrogen-bond acceptors (Lipinski definition) is 3. The molecule has 122 valence electrons. The number of amides is 3. The van der Waals surface area contributed by atoms with E-state index >= 15 is 0 Å². The fourth-order valence-corrected chi connectivity index (χ4v) is 2.66. The highest BCUT2D eigenvalue weighted by molar-refractivity contribution is 5.82. The van der Waals surface area contributed by atoms with E-state index < -0.39 is 6.04 Å². The molecule has 1 heterocycles. The molecule has 0 aliphatic carbocycles. The summed E-state index contributed by atoms with van der Waals surface area (Å²) in [6, 6.07) is -0.353.